The van der Waals surface area contributed by atoms with Crippen LogP contribution < -0.4 is 0 Å². The smallest absolute Gasteiger partial charge is 0.339 e. The number of esters is 1. The minimum absolute atomic E-state index is 0.0920. The molecule has 0 unspecified atom stereocenters. The summed E-state index contributed by atoms with van der Waals surface area (Å²) in [5.74, 6) is -1.72. The molecule has 224 valence electrons. The summed E-state index contributed by atoms with van der Waals surface area (Å²) in [5.41, 5.74) is 3.11. The lowest BCUT2D eigenvalue weighted by Crippen LogP contribution is -2.57. The van der Waals surface area contributed by atoms with Crippen LogP contribution in [0.3, 0.4) is 0 Å². The maximum atomic E-state index is 13.7. The third kappa shape index (κ3) is 6.85. The van der Waals surface area contributed by atoms with E-state index in [1.54, 1.807) is 19.1 Å². The minimum atomic E-state index is -1.18. The number of aromatic hydroxyl groups is 1. The fraction of sp³-hybridized carbons (Fsp3) is 0.588. The molecule has 41 heavy (non-hydrogen) atoms. The first-order chi connectivity index (χ1) is 19.3. The van der Waals surface area contributed by atoms with Crippen LogP contribution in [0, 0.1) is 24.7 Å². The Morgan fingerprint density at radius 2 is 1.80 bits per heavy atom. The van der Waals surface area contributed by atoms with Crippen molar-refractivity contribution in [3.63, 3.8) is 0 Å². The zero-order chi connectivity index (χ0) is 30.1. The van der Waals surface area contributed by atoms with Crippen LogP contribution in [0.25, 0.3) is 5.57 Å². The van der Waals surface area contributed by atoms with Gasteiger partial charge in [0.15, 0.2) is 5.79 Å². The van der Waals surface area contributed by atoms with Crippen molar-refractivity contribution in [2.75, 3.05) is 0 Å². The highest BCUT2D eigenvalue weighted by molar-refractivity contribution is 5.96. The fourth-order valence-electron chi connectivity index (χ4n) is 6.22. The quantitative estimate of drug-likeness (QED) is 0.313. The van der Waals surface area contributed by atoms with Crippen LogP contribution in [0.5, 0.6) is 5.75 Å². The number of ketones is 1. The Morgan fingerprint density at radius 1 is 1.07 bits per heavy atom. The summed E-state index contributed by atoms with van der Waals surface area (Å²) in [6.07, 6.45) is 7.88. The topological polar surface area (TPSA) is 102 Å². The third-order valence-electron chi connectivity index (χ3n) is 9.13. The second kappa shape index (κ2) is 12.6. The van der Waals surface area contributed by atoms with Crippen LogP contribution in [0.4, 0.5) is 0 Å². The summed E-state index contributed by atoms with van der Waals surface area (Å²) < 4.78 is 19.4. The van der Waals surface area contributed by atoms with Crippen molar-refractivity contribution in [2.45, 2.75) is 111 Å². The van der Waals surface area contributed by atoms with Crippen molar-refractivity contribution < 1.29 is 34.0 Å². The fourth-order valence-corrected chi connectivity index (χ4v) is 6.22. The molecule has 0 aromatic heterocycles. The summed E-state index contributed by atoms with van der Waals surface area (Å²) in [6, 6.07) is 3.25. The molecule has 8 atom stereocenters. The Hall–Kier alpha value is -2.74. The van der Waals surface area contributed by atoms with E-state index >= 15 is 0 Å². The summed E-state index contributed by atoms with van der Waals surface area (Å²) >= 11 is 0. The zero-order valence-electron chi connectivity index (χ0n) is 25.5. The van der Waals surface area contributed by atoms with Crippen molar-refractivity contribution in [1.82, 2.24) is 0 Å². The minimum Gasteiger partial charge on any atom is -0.508 e. The molecule has 7 heteroatoms. The summed E-state index contributed by atoms with van der Waals surface area (Å²) in [5, 5.41) is 21.5. The van der Waals surface area contributed by atoms with Crippen LogP contribution in [0.1, 0.15) is 95.1 Å². The molecule has 3 aliphatic heterocycles. The molecule has 0 radical (unpaired) electrons. The van der Waals surface area contributed by atoms with Gasteiger partial charge in [-0.25, -0.2) is 4.79 Å². The van der Waals surface area contributed by atoms with E-state index in [0.29, 0.717) is 29.5 Å². The number of phenolic OH excluding ortho intramolecular Hbond substituents is 1. The van der Waals surface area contributed by atoms with Crippen molar-refractivity contribution in [3.8, 4) is 5.75 Å². The van der Waals surface area contributed by atoms with E-state index in [9.17, 15) is 19.8 Å². The van der Waals surface area contributed by atoms with Crippen molar-refractivity contribution in [1.29, 1.82) is 0 Å². The molecule has 7 nitrogen and oxygen atoms in total. The number of aryl methyl sites for hydroxylation is 1. The number of ether oxygens (including phenoxy) is 3. The van der Waals surface area contributed by atoms with Gasteiger partial charge >= 0.3 is 5.97 Å². The van der Waals surface area contributed by atoms with E-state index in [1.165, 1.54) is 0 Å². The lowest BCUT2D eigenvalue weighted by Gasteiger charge is -2.50. The van der Waals surface area contributed by atoms with Gasteiger partial charge in [0.2, 0.25) is 0 Å². The maximum Gasteiger partial charge on any atom is 0.339 e. The first kappa shape index (κ1) is 31.2. The van der Waals surface area contributed by atoms with E-state index < -0.39 is 24.0 Å². The number of benzene rings is 1. The molecule has 1 spiro atoms. The predicted molar refractivity (Wildman–Crippen MR) is 158 cm³/mol. The zero-order valence-corrected chi connectivity index (χ0v) is 25.5. The van der Waals surface area contributed by atoms with Crippen LogP contribution >= 0.6 is 0 Å². The summed E-state index contributed by atoms with van der Waals surface area (Å²) in [7, 11) is 0. The number of carbonyl (C=O) groups is 2. The normalized spacial score (nSPS) is 34.0. The van der Waals surface area contributed by atoms with E-state index in [0.717, 1.165) is 17.6 Å². The van der Waals surface area contributed by atoms with E-state index in [4.69, 9.17) is 14.2 Å². The highest BCUT2D eigenvalue weighted by Crippen LogP contribution is 2.44. The lowest BCUT2D eigenvalue weighted by molar-refractivity contribution is -0.328. The van der Waals surface area contributed by atoms with Crippen LogP contribution in [0.2, 0.25) is 0 Å². The Kier molecular flexibility index (Phi) is 9.62. The van der Waals surface area contributed by atoms with Gasteiger partial charge in [-0.2, -0.15) is 0 Å². The molecule has 0 saturated carbocycles. The van der Waals surface area contributed by atoms with Crippen LogP contribution in [-0.2, 0) is 19.0 Å². The van der Waals surface area contributed by atoms with Gasteiger partial charge in [-0.05, 0) is 67.5 Å². The van der Waals surface area contributed by atoms with Gasteiger partial charge in [0.1, 0.15) is 17.6 Å². The Bertz CT molecular complexity index is 1240. The Labute approximate surface area is 244 Å². The molecule has 0 amide bonds. The number of Topliss-reactive ketones (excluding diaryl/α,β-unsaturated/α-hetero) is 1. The van der Waals surface area contributed by atoms with Gasteiger partial charge < -0.3 is 24.4 Å². The van der Waals surface area contributed by atoms with Gasteiger partial charge in [-0.3, -0.25) is 4.79 Å². The number of carbonyl (C=O) groups excluding carboxylic acids is 2. The number of aliphatic hydroxyl groups is 1. The van der Waals surface area contributed by atoms with Crippen LogP contribution in [0.15, 0.2) is 42.0 Å². The molecule has 1 aromatic rings. The molecule has 2 N–H and O–H groups in total. The van der Waals surface area contributed by atoms with Crippen molar-refractivity contribution in [3.05, 3.63) is 58.7 Å². The highest BCUT2D eigenvalue weighted by atomic mass is 16.7. The average molecular weight is 567 g/mol. The highest BCUT2D eigenvalue weighted by Gasteiger charge is 2.52. The second-order valence-corrected chi connectivity index (χ2v) is 12.4. The maximum absolute atomic E-state index is 13.7. The SMILES string of the molecule is CC[C@H](C)[C@H]1O[C@]2(CC(=O)[C@@H]1C)C[C@@H]1C[C@@H](CC=C(C)[C@@H](O)[C@@H](C)C=CC=C(C)c3cc(O)c(C)cc3C(=O)O1)O2. The van der Waals surface area contributed by atoms with E-state index in [-0.39, 0.29) is 54.3 Å². The van der Waals surface area contributed by atoms with E-state index in [2.05, 4.69) is 13.8 Å². The number of aliphatic hydroxyl groups excluding tert-OH is 1. The molecule has 1 aromatic carbocycles. The predicted octanol–water partition coefficient (Wildman–Crippen LogP) is 6.45. The average Bonchev–Trinajstić information content (AvgIpc) is 2.93. The molecule has 0 aliphatic carbocycles. The molecule has 2 fully saturated rings. The largest absolute Gasteiger partial charge is 0.508 e. The molecular weight excluding hydrogens is 520 g/mol. The van der Waals surface area contributed by atoms with Gasteiger partial charge in [0, 0.05) is 24.7 Å². The molecule has 3 heterocycles. The summed E-state index contributed by atoms with van der Waals surface area (Å²) in [4.78, 5) is 27.0. The van der Waals surface area contributed by atoms with Gasteiger partial charge in [0.25, 0.3) is 0 Å². The van der Waals surface area contributed by atoms with Gasteiger partial charge in [-0.1, -0.05) is 58.4 Å². The summed E-state index contributed by atoms with van der Waals surface area (Å²) in [6.45, 7) is 13.6. The Morgan fingerprint density at radius 3 is 2.51 bits per heavy atom. The molecule has 2 saturated heterocycles. The van der Waals surface area contributed by atoms with Crippen molar-refractivity contribution >= 4 is 17.3 Å². The number of rotatable bonds is 2. The van der Waals surface area contributed by atoms with Gasteiger partial charge in [0.05, 0.1) is 30.3 Å². The monoisotopic (exact) mass is 566 g/mol. The Balaban J connectivity index is 1.77. The number of hydrogen-bond acceptors (Lipinski definition) is 7. The first-order valence-electron chi connectivity index (χ1n) is 15.0. The molecule has 4 rings (SSSR count). The standard InChI is InChI=1S/C34H46O7/c1-8-19(2)32-24(7)30(36)18-34(41-32)17-26-15-25(40-34)13-12-22(5)31(37)21(4)11-9-10-20(3)27-16-29(35)23(6)14-28(27)33(38)39-26/h9-12,14,16,19,21,24-26,31-32,35,37H,8,13,15,17-18H2,1-7H3/t19-,21-,24-,25+,26-,31-,32+,34-/m0/s1. The van der Waals surface area contributed by atoms with Gasteiger partial charge in [-0.15, -0.1) is 0 Å². The first-order valence-corrected chi connectivity index (χ1v) is 15.0. The third-order valence-corrected chi connectivity index (χ3v) is 9.13. The molecular formula is C34H46O7. The number of allylic oxidation sites excluding steroid dienone is 3. The number of phenols is 1. The molecule has 2 bridgehead atoms. The number of fused-ring (bicyclic) bond motifs is 3. The second-order valence-electron chi connectivity index (χ2n) is 12.4. The lowest BCUT2D eigenvalue weighted by atomic mass is 9.80. The van der Waals surface area contributed by atoms with E-state index in [1.807, 2.05) is 52.0 Å². The number of hydrogen-bond donors (Lipinski definition) is 2. The van der Waals surface area contributed by atoms with Crippen molar-refractivity contribution in [2.24, 2.45) is 17.8 Å². The molecule has 3 aliphatic rings. The van der Waals surface area contributed by atoms with Crippen LogP contribution in [-0.4, -0.2) is 52.2 Å².